The Morgan fingerprint density at radius 3 is 3.17 bits per heavy atom. The van der Waals surface area contributed by atoms with Gasteiger partial charge in [-0.25, -0.2) is 0 Å². The van der Waals surface area contributed by atoms with Gasteiger partial charge in [0.05, 0.1) is 6.61 Å². The first kappa shape index (κ1) is 14.0. The molecule has 0 fully saturated rings. The molecule has 1 atom stereocenters. The lowest BCUT2D eigenvalue weighted by atomic mass is 9.94. The van der Waals surface area contributed by atoms with Crippen molar-refractivity contribution in [2.75, 3.05) is 19.8 Å². The maximum atomic E-state index is 5.65. The fourth-order valence-corrected chi connectivity index (χ4v) is 3.41. The smallest absolute Gasteiger partial charge is 0.0591 e. The fourth-order valence-electron chi connectivity index (χ4n) is 2.42. The zero-order valence-corrected chi connectivity index (χ0v) is 12.4. The summed E-state index contributed by atoms with van der Waals surface area (Å²) in [7, 11) is 0. The van der Waals surface area contributed by atoms with Crippen molar-refractivity contribution in [3.05, 3.63) is 21.9 Å². The van der Waals surface area contributed by atoms with Crippen LogP contribution in [0.3, 0.4) is 0 Å². The van der Waals surface area contributed by atoms with Crippen molar-refractivity contribution in [3.63, 3.8) is 0 Å². The highest BCUT2D eigenvalue weighted by molar-refractivity contribution is 7.10. The second-order valence-corrected chi connectivity index (χ2v) is 6.49. The summed E-state index contributed by atoms with van der Waals surface area (Å²) >= 11 is 1.91. The van der Waals surface area contributed by atoms with Crippen molar-refractivity contribution in [2.24, 2.45) is 5.92 Å². The summed E-state index contributed by atoms with van der Waals surface area (Å²) in [5.74, 6) is 0.740. The van der Waals surface area contributed by atoms with E-state index < -0.39 is 0 Å². The van der Waals surface area contributed by atoms with Crippen LogP contribution in [0.15, 0.2) is 11.4 Å². The molecule has 102 valence electrons. The topological polar surface area (TPSA) is 21.3 Å². The van der Waals surface area contributed by atoms with Gasteiger partial charge in [-0.2, -0.15) is 0 Å². The number of ether oxygens (including phenoxy) is 1. The number of rotatable bonds is 7. The second kappa shape index (κ2) is 7.27. The lowest BCUT2D eigenvalue weighted by molar-refractivity contribution is 0.123. The van der Waals surface area contributed by atoms with E-state index in [0.717, 1.165) is 32.1 Å². The van der Waals surface area contributed by atoms with E-state index in [0.29, 0.717) is 6.04 Å². The number of hydrogen-bond donors (Lipinski definition) is 1. The maximum absolute atomic E-state index is 5.65. The van der Waals surface area contributed by atoms with E-state index in [1.807, 2.05) is 11.3 Å². The molecule has 1 heterocycles. The molecule has 0 aromatic carbocycles. The molecule has 0 spiro atoms. The summed E-state index contributed by atoms with van der Waals surface area (Å²) in [6.07, 6.45) is 5.03. The van der Waals surface area contributed by atoms with Crippen LogP contribution in [-0.4, -0.2) is 19.8 Å². The fraction of sp³-hybridized carbons (Fsp3) is 0.733. The third-order valence-electron chi connectivity index (χ3n) is 3.53. The van der Waals surface area contributed by atoms with Gasteiger partial charge in [-0.05, 0) is 48.6 Å². The molecule has 0 saturated heterocycles. The van der Waals surface area contributed by atoms with Crippen LogP contribution in [-0.2, 0) is 11.2 Å². The molecule has 2 nitrogen and oxygen atoms in total. The number of aryl methyl sites for hydroxylation is 1. The van der Waals surface area contributed by atoms with Gasteiger partial charge in [0.15, 0.2) is 0 Å². The van der Waals surface area contributed by atoms with Gasteiger partial charge in [0.1, 0.15) is 0 Å². The van der Waals surface area contributed by atoms with E-state index in [1.165, 1.54) is 24.8 Å². The molecule has 2 rings (SSSR count). The van der Waals surface area contributed by atoms with Crippen molar-refractivity contribution < 1.29 is 4.74 Å². The first-order valence-corrected chi connectivity index (χ1v) is 8.02. The van der Waals surface area contributed by atoms with Crippen molar-refractivity contribution in [1.29, 1.82) is 0 Å². The van der Waals surface area contributed by atoms with Crippen LogP contribution in [0, 0.1) is 5.92 Å². The van der Waals surface area contributed by atoms with Crippen LogP contribution < -0.4 is 5.32 Å². The predicted octanol–water partition coefficient (Wildman–Crippen LogP) is 3.78. The summed E-state index contributed by atoms with van der Waals surface area (Å²) in [6, 6.07) is 2.85. The first-order chi connectivity index (χ1) is 8.77. The lowest BCUT2D eigenvalue weighted by Crippen LogP contribution is -2.27. The first-order valence-electron chi connectivity index (χ1n) is 7.14. The molecular formula is C15H25NOS. The third kappa shape index (κ3) is 4.08. The Hall–Kier alpha value is -0.380. The van der Waals surface area contributed by atoms with Crippen LogP contribution in [0.5, 0.6) is 0 Å². The third-order valence-corrected chi connectivity index (χ3v) is 4.53. The molecular weight excluding hydrogens is 242 g/mol. The molecule has 0 aliphatic heterocycles. The Balaban J connectivity index is 1.63. The number of fused-ring (bicyclic) bond motifs is 1. The summed E-state index contributed by atoms with van der Waals surface area (Å²) < 4.78 is 5.65. The Morgan fingerprint density at radius 2 is 2.33 bits per heavy atom. The minimum atomic E-state index is 0.564. The zero-order valence-electron chi connectivity index (χ0n) is 11.6. The highest BCUT2D eigenvalue weighted by Gasteiger charge is 2.20. The summed E-state index contributed by atoms with van der Waals surface area (Å²) in [6.45, 7) is 7.18. The van der Waals surface area contributed by atoms with E-state index in [4.69, 9.17) is 4.74 Å². The molecule has 1 aliphatic carbocycles. The molecule has 1 aromatic rings. The molecule has 1 aromatic heterocycles. The van der Waals surface area contributed by atoms with Crippen molar-refractivity contribution >= 4 is 11.3 Å². The van der Waals surface area contributed by atoms with Crippen molar-refractivity contribution in [1.82, 2.24) is 5.32 Å². The largest absolute Gasteiger partial charge is 0.380 e. The second-order valence-electron chi connectivity index (χ2n) is 5.49. The van der Waals surface area contributed by atoms with Gasteiger partial charge in [0.2, 0.25) is 0 Å². The Labute approximate surface area is 115 Å². The van der Waals surface area contributed by atoms with Crippen LogP contribution in [0.1, 0.15) is 49.6 Å². The van der Waals surface area contributed by atoms with E-state index in [2.05, 4.69) is 30.6 Å². The monoisotopic (exact) mass is 267 g/mol. The van der Waals surface area contributed by atoms with Gasteiger partial charge >= 0.3 is 0 Å². The van der Waals surface area contributed by atoms with Gasteiger partial charge in [-0.15, -0.1) is 11.3 Å². The minimum Gasteiger partial charge on any atom is -0.380 e. The van der Waals surface area contributed by atoms with Crippen molar-refractivity contribution in [3.8, 4) is 0 Å². The maximum Gasteiger partial charge on any atom is 0.0591 e. The lowest BCUT2D eigenvalue weighted by Gasteiger charge is -2.23. The Kier molecular flexibility index (Phi) is 5.67. The Morgan fingerprint density at radius 1 is 1.44 bits per heavy atom. The van der Waals surface area contributed by atoms with Crippen LogP contribution in [0.2, 0.25) is 0 Å². The SMILES string of the molecule is CC(C)CCOCCNC1CCCc2sccc21. The molecule has 3 heteroatoms. The number of thiophene rings is 1. The van der Waals surface area contributed by atoms with E-state index >= 15 is 0 Å². The normalized spacial score (nSPS) is 19.2. The predicted molar refractivity (Wildman–Crippen MR) is 78.3 cm³/mol. The molecule has 0 bridgehead atoms. The molecule has 1 aliphatic rings. The Bertz CT molecular complexity index is 348. The minimum absolute atomic E-state index is 0.564. The van der Waals surface area contributed by atoms with Gasteiger partial charge in [0, 0.05) is 24.1 Å². The zero-order chi connectivity index (χ0) is 12.8. The highest BCUT2D eigenvalue weighted by Crippen LogP contribution is 2.32. The molecule has 0 amide bonds. The average Bonchev–Trinajstić information content (AvgIpc) is 2.82. The van der Waals surface area contributed by atoms with E-state index in [9.17, 15) is 0 Å². The van der Waals surface area contributed by atoms with Crippen LogP contribution in [0.4, 0.5) is 0 Å². The molecule has 1 N–H and O–H groups in total. The molecule has 0 saturated carbocycles. The van der Waals surface area contributed by atoms with Crippen LogP contribution >= 0.6 is 11.3 Å². The summed E-state index contributed by atoms with van der Waals surface area (Å²) in [4.78, 5) is 1.58. The number of nitrogens with one attached hydrogen (secondary N) is 1. The molecule has 0 radical (unpaired) electrons. The standard InChI is InChI=1S/C15H25NOS/c1-12(2)6-9-17-10-8-16-14-4-3-5-15-13(14)7-11-18-15/h7,11-12,14,16H,3-6,8-10H2,1-2H3. The molecule has 1 unspecified atom stereocenters. The van der Waals surface area contributed by atoms with Gasteiger partial charge in [0.25, 0.3) is 0 Å². The van der Waals surface area contributed by atoms with Crippen LogP contribution in [0.25, 0.3) is 0 Å². The average molecular weight is 267 g/mol. The number of hydrogen-bond acceptors (Lipinski definition) is 3. The van der Waals surface area contributed by atoms with E-state index in [1.54, 1.807) is 4.88 Å². The van der Waals surface area contributed by atoms with Gasteiger partial charge in [-0.3, -0.25) is 0 Å². The molecule has 18 heavy (non-hydrogen) atoms. The summed E-state index contributed by atoms with van der Waals surface area (Å²) in [5, 5.41) is 5.86. The van der Waals surface area contributed by atoms with Crippen molar-refractivity contribution in [2.45, 2.75) is 45.6 Å². The van der Waals surface area contributed by atoms with Gasteiger partial charge < -0.3 is 10.1 Å². The quantitative estimate of drug-likeness (QED) is 0.759. The highest BCUT2D eigenvalue weighted by atomic mass is 32.1. The van der Waals surface area contributed by atoms with E-state index in [-0.39, 0.29) is 0 Å². The van der Waals surface area contributed by atoms with Gasteiger partial charge in [-0.1, -0.05) is 13.8 Å². The summed E-state index contributed by atoms with van der Waals surface area (Å²) in [5.41, 5.74) is 1.54.